The Morgan fingerprint density at radius 1 is 1.30 bits per heavy atom. The number of rotatable bonds is 3. The van der Waals surface area contributed by atoms with Gasteiger partial charge in [-0.1, -0.05) is 11.6 Å². The topological polar surface area (TPSA) is 64.3 Å². The average molecular weight is 295 g/mol. The lowest BCUT2D eigenvalue weighted by Gasteiger charge is -2.11. The van der Waals surface area contributed by atoms with Crippen molar-refractivity contribution in [3.8, 4) is 5.75 Å². The van der Waals surface area contributed by atoms with Crippen molar-refractivity contribution < 1.29 is 13.9 Å². The number of anilines is 2. The van der Waals surface area contributed by atoms with Gasteiger partial charge < -0.3 is 15.8 Å². The van der Waals surface area contributed by atoms with E-state index in [9.17, 15) is 9.18 Å². The summed E-state index contributed by atoms with van der Waals surface area (Å²) in [6.07, 6.45) is 0. The van der Waals surface area contributed by atoms with Crippen molar-refractivity contribution in [1.82, 2.24) is 0 Å². The lowest BCUT2D eigenvalue weighted by Crippen LogP contribution is -2.13. The van der Waals surface area contributed by atoms with Crippen LogP contribution in [0.3, 0.4) is 0 Å². The van der Waals surface area contributed by atoms with E-state index in [1.165, 1.54) is 19.2 Å². The van der Waals surface area contributed by atoms with Gasteiger partial charge in [-0.15, -0.1) is 0 Å². The van der Waals surface area contributed by atoms with Crippen LogP contribution in [-0.4, -0.2) is 13.0 Å². The molecule has 104 valence electrons. The number of nitrogens with two attached hydrogens (primary N) is 1. The van der Waals surface area contributed by atoms with E-state index in [0.717, 1.165) is 6.07 Å². The van der Waals surface area contributed by atoms with Crippen molar-refractivity contribution in [2.75, 3.05) is 18.2 Å². The number of benzene rings is 2. The Morgan fingerprint density at radius 2 is 2.05 bits per heavy atom. The van der Waals surface area contributed by atoms with Gasteiger partial charge in [0, 0.05) is 11.8 Å². The molecule has 6 heteroatoms. The molecule has 0 aliphatic rings. The quantitative estimate of drug-likeness (QED) is 0.854. The summed E-state index contributed by atoms with van der Waals surface area (Å²) in [6, 6.07) is 8.39. The molecule has 0 aliphatic carbocycles. The van der Waals surface area contributed by atoms with E-state index < -0.39 is 11.7 Å². The number of methoxy groups -OCH3 is 1. The van der Waals surface area contributed by atoms with Gasteiger partial charge in [0.1, 0.15) is 11.6 Å². The number of ether oxygens (including phenoxy) is 1. The predicted octanol–water partition coefficient (Wildman–Crippen LogP) is 3.32. The third-order valence-electron chi connectivity index (χ3n) is 2.65. The van der Waals surface area contributed by atoms with Crippen molar-refractivity contribution in [3.63, 3.8) is 0 Å². The van der Waals surface area contributed by atoms with Crippen LogP contribution >= 0.6 is 11.6 Å². The maximum absolute atomic E-state index is 13.0. The molecule has 0 heterocycles. The van der Waals surface area contributed by atoms with Crippen LogP contribution in [0.1, 0.15) is 10.4 Å². The summed E-state index contributed by atoms with van der Waals surface area (Å²) in [7, 11) is 1.47. The zero-order chi connectivity index (χ0) is 14.7. The van der Waals surface area contributed by atoms with Crippen LogP contribution in [0.15, 0.2) is 36.4 Å². The summed E-state index contributed by atoms with van der Waals surface area (Å²) in [5, 5.41) is 2.68. The average Bonchev–Trinajstić information content (AvgIpc) is 2.40. The SMILES string of the molecule is COc1cc(N)ccc1NC(=O)c1ccc(F)cc1Cl. The summed E-state index contributed by atoms with van der Waals surface area (Å²) in [5.74, 6) is -0.536. The number of hydrogen-bond donors (Lipinski definition) is 2. The molecule has 0 unspecified atom stereocenters. The highest BCUT2D eigenvalue weighted by atomic mass is 35.5. The predicted molar refractivity (Wildman–Crippen MR) is 76.8 cm³/mol. The van der Waals surface area contributed by atoms with Crippen LogP contribution in [-0.2, 0) is 0 Å². The first-order valence-electron chi connectivity index (χ1n) is 5.71. The molecule has 0 atom stereocenters. The zero-order valence-corrected chi connectivity index (χ0v) is 11.4. The van der Waals surface area contributed by atoms with Gasteiger partial charge in [0.15, 0.2) is 0 Å². The number of nitrogens with one attached hydrogen (secondary N) is 1. The molecule has 4 nitrogen and oxygen atoms in total. The molecule has 2 aromatic rings. The molecule has 0 aliphatic heterocycles. The molecule has 0 aromatic heterocycles. The molecular weight excluding hydrogens is 283 g/mol. The van der Waals surface area contributed by atoms with Crippen molar-refractivity contribution in [3.05, 3.63) is 52.8 Å². The van der Waals surface area contributed by atoms with E-state index in [1.807, 2.05) is 0 Å². The van der Waals surface area contributed by atoms with Gasteiger partial charge in [-0.05, 0) is 30.3 Å². The Labute approximate surface area is 120 Å². The third kappa shape index (κ3) is 3.00. The van der Waals surface area contributed by atoms with Crippen LogP contribution in [0.2, 0.25) is 5.02 Å². The molecule has 2 aromatic carbocycles. The standard InChI is InChI=1S/C14H12ClFN2O2/c1-20-13-7-9(17)3-5-12(13)18-14(19)10-4-2-8(16)6-11(10)15/h2-7H,17H2,1H3,(H,18,19). The molecule has 0 bridgehead atoms. The van der Waals surface area contributed by atoms with Crippen LogP contribution < -0.4 is 15.8 Å². The van der Waals surface area contributed by atoms with Gasteiger partial charge in [0.05, 0.1) is 23.4 Å². The van der Waals surface area contributed by atoms with Gasteiger partial charge in [-0.25, -0.2) is 4.39 Å². The van der Waals surface area contributed by atoms with Crippen molar-refractivity contribution in [2.24, 2.45) is 0 Å². The van der Waals surface area contributed by atoms with Gasteiger partial charge in [-0.3, -0.25) is 4.79 Å². The second kappa shape index (κ2) is 5.79. The monoisotopic (exact) mass is 294 g/mol. The summed E-state index contributed by atoms with van der Waals surface area (Å²) in [5.41, 5.74) is 6.77. The molecule has 1 amide bonds. The normalized spacial score (nSPS) is 10.2. The first kappa shape index (κ1) is 14.1. The molecule has 0 spiro atoms. The minimum Gasteiger partial charge on any atom is -0.494 e. The summed E-state index contributed by atoms with van der Waals surface area (Å²) in [6.45, 7) is 0. The molecule has 3 N–H and O–H groups in total. The molecular formula is C14H12ClFN2O2. The molecule has 0 saturated carbocycles. The molecule has 0 fully saturated rings. The van der Waals surface area contributed by atoms with Crippen LogP contribution in [0, 0.1) is 5.82 Å². The van der Waals surface area contributed by atoms with E-state index in [2.05, 4.69) is 5.32 Å². The number of carbonyl (C=O) groups excluding carboxylic acids is 1. The highest BCUT2D eigenvalue weighted by Gasteiger charge is 2.13. The second-order valence-corrected chi connectivity index (χ2v) is 4.45. The Kier molecular flexibility index (Phi) is 4.10. The lowest BCUT2D eigenvalue weighted by molar-refractivity contribution is 0.102. The summed E-state index contributed by atoms with van der Waals surface area (Å²) >= 11 is 5.84. The second-order valence-electron chi connectivity index (χ2n) is 4.04. The smallest absolute Gasteiger partial charge is 0.257 e. The lowest BCUT2D eigenvalue weighted by atomic mass is 10.2. The van der Waals surface area contributed by atoms with E-state index in [0.29, 0.717) is 17.1 Å². The minimum absolute atomic E-state index is 0.0388. The Bertz CT molecular complexity index is 662. The maximum atomic E-state index is 13.0. The Hall–Kier alpha value is -2.27. The molecule has 0 saturated heterocycles. The van der Waals surface area contributed by atoms with E-state index >= 15 is 0 Å². The molecule has 2 rings (SSSR count). The summed E-state index contributed by atoms with van der Waals surface area (Å²) < 4.78 is 18.1. The number of carbonyl (C=O) groups is 1. The summed E-state index contributed by atoms with van der Waals surface area (Å²) in [4.78, 5) is 12.1. The van der Waals surface area contributed by atoms with Gasteiger partial charge in [0.25, 0.3) is 5.91 Å². The Balaban J connectivity index is 2.28. The highest BCUT2D eigenvalue weighted by molar-refractivity contribution is 6.34. The van der Waals surface area contributed by atoms with Crippen molar-refractivity contribution >= 4 is 28.9 Å². The van der Waals surface area contributed by atoms with Crippen molar-refractivity contribution in [1.29, 1.82) is 0 Å². The highest BCUT2D eigenvalue weighted by Crippen LogP contribution is 2.28. The van der Waals surface area contributed by atoms with Crippen LogP contribution in [0.5, 0.6) is 5.75 Å². The fourth-order valence-electron chi connectivity index (χ4n) is 1.67. The van der Waals surface area contributed by atoms with E-state index in [1.54, 1.807) is 18.2 Å². The molecule has 0 radical (unpaired) electrons. The van der Waals surface area contributed by atoms with Gasteiger partial charge in [-0.2, -0.15) is 0 Å². The zero-order valence-electron chi connectivity index (χ0n) is 10.6. The number of hydrogen-bond acceptors (Lipinski definition) is 3. The third-order valence-corrected chi connectivity index (χ3v) is 2.96. The maximum Gasteiger partial charge on any atom is 0.257 e. The number of amides is 1. The first-order valence-corrected chi connectivity index (χ1v) is 6.09. The fraction of sp³-hybridized carbons (Fsp3) is 0.0714. The van der Waals surface area contributed by atoms with Gasteiger partial charge in [0.2, 0.25) is 0 Å². The van der Waals surface area contributed by atoms with Crippen molar-refractivity contribution in [2.45, 2.75) is 0 Å². The molecule has 20 heavy (non-hydrogen) atoms. The number of halogens is 2. The van der Waals surface area contributed by atoms with Crippen LogP contribution in [0.4, 0.5) is 15.8 Å². The Morgan fingerprint density at radius 3 is 2.70 bits per heavy atom. The fourth-order valence-corrected chi connectivity index (χ4v) is 1.93. The number of nitrogen functional groups attached to an aromatic ring is 1. The first-order chi connectivity index (χ1) is 9.51. The minimum atomic E-state index is -0.503. The van der Waals surface area contributed by atoms with Gasteiger partial charge >= 0.3 is 0 Å². The largest absolute Gasteiger partial charge is 0.494 e. The van der Waals surface area contributed by atoms with E-state index in [-0.39, 0.29) is 10.6 Å². The van der Waals surface area contributed by atoms with Crippen LogP contribution in [0.25, 0.3) is 0 Å². The van der Waals surface area contributed by atoms with E-state index in [4.69, 9.17) is 22.1 Å².